The Labute approximate surface area is 112 Å². The molecule has 4 heteroatoms. The van der Waals surface area contributed by atoms with E-state index < -0.39 is 0 Å². The predicted octanol–water partition coefficient (Wildman–Crippen LogP) is 3.67. The van der Waals surface area contributed by atoms with Crippen molar-refractivity contribution in [1.29, 1.82) is 0 Å². The summed E-state index contributed by atoms with van der Waals surface area (Å²) in [6.07, 6.45) is 4.31. The highest BCUT2D eigenvalue weighted by Gasteiger charge is 2.23. The van der Waals surface area contributed by atoms with E-state index in [2.05, 4.69) is 0 Å². The Balaban J connectivity index is 2.12. The lowest BCUT2D eigenvalue weighted by Crippen LogP contribution is -2.05. The average molecular weight is 274 g/mol. The zero-order chi connectivity index (χ0) is 12.3. The van der Waals surface area contributed by atoms with Crippen LogP contribution in [0.5, 0.6) is 5.75 Å². The molecular formula is C13H17Cl2NO. The molecule has 0 spiro atoms. The molecule has 2 nitrogen and oxygen atoms in total. The fourth-order valence-electron chi connectivity index (χ4n) is 1.74. The van der Waals surface area contributed by atoms with Gasteiger partial charge >= 0.3 is 0 Å². The van der Waals surface area contributed by atoms with Gasteiger partial charge in [0, 0.05) is 5.02 Å². The second kappa shape index (κ2) is 5.94. The molecule has 0 aliphatic heterocycles. The SMILES string of the molecule is NCCCc1cc(Cl)cc(Cl)c1OCC1CC1. The van der Waals surface area contributed by atoms with Gasteiger partial charge in [0.2, 0.25) is 0 Å². The van der Waals surface area contributed by atoms with Crippen molar-refractivity contribution in [3.63, 3.8) is 0 Å². The van der Waals surface area contributed by atoms with Crippen LogP contribution in [0.4, 0.5) is 0 Å². The molecule has 1 aliphatic carbocycles. The molecule has 1 saturated carbocycles. The Morgan fingerprint density at radius 1 is 1.29 bits per heavy atom. The molecule has 0 bridgehead atoms. The van der Waals surface area contributed by atoms with E-state index in [1.807, 2.05) is 6.07 Å². The quantitative estimate of drug-likeness (QED) is 0.859. The molecule has 0 radical (unpaired) electrons. The van der Waals surface area contributed by atoms with Crippen LogP contribution in [-0.4, -0.2) is 13.2 Å². The van der Waals surface area contributed by atoms with Crippen molar-refractivity contribution in [3.8, 4) is 5.75 Å². The van der Waals surface area contributed by atoms with Gasteiger partial charge in [-0.25, -0.2) is 0 Å². The summed E-state index contributed by atoms with van der Waals surface area (Å²) < 4.78 is 5.81. The summed E-state index contributed by atoms with van der Waals surface area (Å²) >= 11 is 12.2. The largest absolute Gasteiger partial charge is 0.491 e. The molecule has 0 heterocycles. The lowest BCUT2D eigenvalue weighted by atomic mass is 10.1. The van der Waals surface area contributed by atoms with Crippen LogP contribution < -0.4 is 10.5 Å². The highest BCUT2D eigenvalue weighted by atomic mass is 35.5. The second-order valence-corrected chi connectivity index (χ2v) is 5.37. The smallest absolute Gasteiger partial charge is 0.141 e. The first-order valence-electron chi connectivity index (χ1n) is 6.01. The number of halogens is 2. The molecule has 2 rings (SSSR count). The number of aryl methyl sites for hydroxylation is 1. The number of hydrogen-bond donors (Lipinski definition) is 1. The first-order valence-corrected chi connectivity index (χ1v) is 6.77. The van der Waals surface area contributed by atoms with Crippen molar-refractivity contribution in [1.82, 2.24) is 0 Å². The predicted molar refractivity (Wildman–Crippen MR) is 72.1 cm³/mol. The lowest BCUT2D eigenvalue weighted by molar-refractivity contribution is 0.297. The van der Waals surface area contributed by atoms with Crippen molar-refractivity contribution in [2.75, 3.05) is 13.2 Å². The van der Waals surface area contributed by atoms with Crippen LogP contribution in [0, 0.1) is 5.92 Å². The topological polar surface area (TPSA) is 35.2 Å². The summed E-state index contributed by atoms with van der Waals surface area (Å²) in [6.45, 7) is 1.42. The van der Waals surface area contributed by atoms with Crippen LogP contribution >= 0.6 is 23.2 Å². The van der Waals surface area contributed by atoms with Gasteiger partial charge in [-0.3, -0.25) is 0 Å². The fourth-order valence-corrected chi connectivity index (χ4v) is 2.33. The number of hydrogen-bond acceptors (Lipinski definition) is 2. The van der Waals surface area contributed by atoms with Crippen LogP contribution in [0.3, 0.4) is 0 Å². The molecule has 0 atom stereocenters. The third kappa shape index (κ3) is 3.77. The van der Waals surface area contributed by atoms with Crippen molar-refractivity contribution >= 4 is 23.2 Å². The molecule has 1 aromatic rings. The zero-order valence-electron chi connectivity index (χ0n) is 9.72. The van der Waals surface area contributed by atoms with Crippen molar-refractivity contribution in [3.05, 3.63) is 27.7 Å². The van der Waals surface area contributed by atoms with Crippen molar-refractivity contribution in [2.45, 2.75) is 25.7 Å². The van der Waals surface area contributed by atoms with Gasteiger partial charge in [-0.15, -0.1) is 0 Å². The van der Waals surface area contributed by atoms with Crippen molar-refractivity contribution < 1.29 is 4.74 Å². The van der Waals surface area contributed by atoms with Gasteiger partial charge < -0.3 is 10.5 Å². The van der Waals surface area contributed by atoms with Gasteiger partial charge in [-0.1, -0.05) is 23.2 Å². The Bertz CT molecular complexity index is 391. The van der Waals surface area contributed by atoms with Crippen LogP contribution in [0.1, 0.15) is 24.8 Å². The molecule has 0 saturated heterocycles. The summed E-state index contributed by atoms with van der Waals surface area (Å²) in [6, 6.07) is 3.66. The molecule has 0 unspecified atom stereocenters. The van der Waals surface area contributed by atoms with E-state index in [4.69, 9.17) is 33.7 Å². The molecule has 0 amide bonds. The number of ether oxygens (including phenoxy) is 1. The van der Waals surface area contributed by atoms with E-state index in [0.29, 0.717) is 22.5 Å². The molecule has 17 heavy (non-hydrogen) atoms. The third-order valence-electron chi connectivity index (χ3n) is 2.90. The minimum atomic E-state index is 0.602. The van der Waals surface area contributed by atoms with Crippen LogP contribution in [-0.2, 0) is 6.42 Å². The number of benzene rings is 1. The fraction of sp³-hybridized carbons (Fsp3) is 0.538. The monoisotopic (exact) mass is 273 g/mol. The van der Waals surface area contributed by atoms with E-state index in [1.54, 1.807) is 6.07 Å². The molecule has 0 aromatic heterocycles. The van der Waals surface area contributed by atoms with Crippen LogP contribution in [0.2, 0.25) is 10.0 Å². The Kier molecular flexibility index (Phi) is 4.55. The van der Waals surface area contributed by atoms with Gasteiger partial charge in [0.05, 0.1) is 11.6 Å². The van der Waals surface area contributed by atoms with Crippen LogP contribution in [0.15, 0.2) is 12.1 Å². The third-order valence-corrected chi connectivity index (χ3v) is 3.39. The highest BCUT2D eigenvalue weighted by Crippen LogP contribution is 2.36. The second-order valence-electron chi connectivity index (χ2n) is 4.52. The van der Waals surface area contributed by atoms with Crippen LogP contribution in [0.25, 0.3) is 0 Å². The average Bonchev–Trinajstić information content (AvgIpc) is 3.08. The van der Waals surface area contributed by atoms with Gasteiger partial charge in [-0.05, 0) is 55.8 Å². The molecule has 1 aromatic carbocycles. The molecule has 1 fully saturated rings. The van der Waals surface area contributed by atoms with E-state index in [-0.39, 0.29) is 0 Å². The Morgan fingerprint density at radius 3 is 2.71 bits per heavy atom. The Morgan fingerprint density at radius 2 is 2.06 bits per heavy atom. The summed E-state index contributed by atoms with van der Waals surface area (Å²) in [5.41, 5.74) is 6.59. The van der Waals surface area contributed by atoms with Gasteiger partial charge in [0.1, 0.15) is 5.75 Å². The van der Waals surface area contributed by atoms with E-state index in [9.17, 15) is 0 Å². The lowest BCUT2D eigenvalue weighted by Gasteiger charge is -2.13. The maximum Gasteiger partial charge on any atom is 0.141 e. The first-order chi connectivity index (χ1) is 8.20. The maximum absolute atomic E-state index is 6.18. The first kappa shape index (κ1) is 13.0. The summed E-state index contributed by atoms with van der Waals surface area (Å²) in [5, 5.41) is 1.26. The number of rotatable bonds is 6. The molecule has 2 N–H and O–H groups in total. The summed E-state index contributed by atoms with van der Waals surface area (Å²) in [5.74, 6) is 1.50. The molecule has 94 valence electrons. The maximum atomic E-state index is 6.18. The van der Waals surface area contributed by atoms with Gasteiger partial charge in [0.25, 0.3) is 0 Å². The van der Waals surface area contributed by atoms with E-state index >= 15 is 0 Å². The Hall–Kier alpha value is -0.440. The zero-order valence-corrected chi connectivity index (χ0v) is 11.2. The number of nitrogens with two attached hydrogens (primary N) is 1. The van der Waals surface area contributed by atoms with Gasteiger partial charge in [-0.2, -0.15) is 0 Å². The van der Waals surface area contributed by atoms with Crippen molar-refractivity contribution in [2.24, 2.45) is 11.7 Å². The normalized spacial score (nSPS) is 15.0. The minimum absolute atomic E-state index is 0.602. The molecular weight excluding hydrogens is 257 g/mol. The summed E-state index contributed by atoms with van der Waals surface area (Å²) in [4.78, 5) is 0. The summed E-state index contributed by atoms with van der Waals surface area (Å²) in [7, 11) is 0. The van der Waals surface area contributed by atoms with Gasteiger partial charge in [0.15, 0.2) is 0 Å². The van der Waals surface area contributed by atoms with E-state index in [0.717, 1.165) is 30.8 Å². The highest BCUT2D eigenvalue weighted by molar-refractivity contribution is 6.35. The standard InChI is InChI=1S/C13H17Cl2NO/c14-11-6-10(2-1-5-16)13(12(15)7-11)17-8-9-3-4-9/h6-7,9H,1-5,8,16H2. The minimum Gasteiger partial charge on any atom is -0.491 e. The van der Waals surface area contributed by atoms with E-state index in [1.165, 1.54) is 12.8 Å². The molecule has 1 aliphatic rings.